The Bertz CT molecular complexity index is 2170. The fourth-order valence-corrected chi connectivity index (χ4v) is 10.1. The summed E-state index contributed by atoms with van der Waals surface area (Å²) in [6.45, 7) is 13.9. The number of aromatic amines is 1. The number of rotatable bonds is 19. The maximum Gasteiger partial charge on any atom is 0.408 e. The Kier molecular flexibility index (Phi) is 16.2. The lowest BCUT2D eigenvalue weighted by molar-refractivity contribution is -0.145. The van der Waals surface area contributed by atoms with Crippen LogP contribution in [0.4, 0.5) is 4.79 Å². The van der Waals surface area contributed by atoms with Crippen molar-refractivity contribution in [3.63, 3.8) is 0 Å². The van der Waals surface area contributed by atoms with Crippen molar-refractivity contribution < 1.29 is 41.8 Å². The predicted molar refractivity (Wildman–Crippen MR) is 243 cm³/mol. The normalized spacial score (nSPS) is 24.5. The summed E-state index contributed by atoms with van der Waals surface area (Å²) in [6.07, 6.45) is 8.67. The topological polar surface area (TPSA) is 209 Å². The number of ether oxygens (including phenoxy) is 3. The third kappa shape index (κ3) is 11.5. The van der Waals surface area contributed by atoms with Crippen molar-refractivity contribution in [2.45, 2.75) is 122 Å². The van der Waals surface area contributed by atoms with Crippen molar-refractivity contribution in [1.29, 1.82) is 0 Å². The van der Waals surface area contributed by atoms with E-state index in [1.54, 1.807) is 0 Å². The summed E-state index contributed by atoms with van der Waals surface area (Å²) < 4.78 is 45.9. The van der Waals surface area contributed by atoms with E-state index in [0.29, 0.717) is 56.8 Å². The number of morpholine rings is 1. The van der Waals surface area contributed by atoms with Crippen LogP contribution in [0.15, 0.2) is 41.7 Å². The molecule has 17 nitrogen and oxygen atoms in total. The molecule has 4 fully saturated rings. The molecule has 6 unspecified atom stereocenters. The predicted octanol–water partition coefficient (Wildman–Crippen LogP) is 4.02. The molecule has 0 bridgehead atoms. The summed E-state index contributed by atoms with van der Waals surface area (Å²) in [4.78, 5) is 75.4. The van der Waals surface area contributed by atoms with Crippen molar-refractivity contribution >= 4 is 44.9 Å². The number of carbonyl (C=O) groups excluding carboxylic acids is 4. The SMILES string of the molecule is C=CC1CCC1(NC(=O)C1CCCN1C(=O)C(NC(=O)OC1CCCC1CCCCCc1c(OCCN2CCOCC2)c2ccccc2[nH]c1=O)C(C)(C)C)C(=O)NS(=O)(=O)N(C)C. The van der Waals surface area contributed by atoms with E-state index in [1.807, 2.05) is 45.0 Å². The summed E-state index contributed by atoms with van der Waals surface area (Å²) in [7, 11) is -1.56. The van der Waals surface area contributed by atoms with Crippen LogP contribution in [-0.2, 0) is 40.5 Å². The van der Waals surface area contributed by atoms with Crippen molar-refractivity contribution in [3.8, 4) is 5.75 Å². The molecule has 354 valence electrons. The Hall–Kier alpha value is -4.52. The molecule has 0 spiro atoms. The van der Waals surface area contributed by atoms with Gasteiger partial charge in [0, 0.05) is 51.6 Å². The van der Waals surface area contributed by atoms with E-state index in [9.17, 15) is 32.4 Å². The molecule has 2 aliphatic heterocycles. The van der Waals surface area contributed by atoms with Gasteiger partial charge in [0.25, 0.3) is 11.5 Å². The highest BCUT2D eigenvalue weighted by atomic mass is 32.2. The number of hydrogen-bond acceptors (Lipinski definition) is 11. The van der Waals surface area contributed by atoms with Crippen LogP contribution in [0, 0.1) is 17.3 Å². The highest BCUT2D eigenvalue weighted by Gasteiger charge is 2.55. The van der Waals surface area contributed by atoms with E-state index in [4.69, 9.17) is 14.2 Å². The zero-order chi connectivity index (χ0) is 46.2. The molecule has 2 aliphatic carbocycles. The number of hydrogen-bond donors (Lipinski definition) is 4. The molecule has 6 atom stereocenters. The minimum Gasteiger partial charge on any atom is -0.491 e. The van der Waals surface area contributed by atoms with Gasteiger partial charge in [0.2, 0.25) is 11.8 Å². The first-order valence-corrected chi connectivity index (χ1v) is 24.4. The smallest absolute Gasteiger partial charge is 0.408 e. The number of fused-ring (bicyclic) bond motifs is 1. The van der Waals surface area contributed by atoms with Crippen LogP contribution in [0.3, 0.4) is 0 Å². The average molecular weight is 912 g/mol. The number of benzene rings is 1. The van der Waals surface area contributed by atoms with Gasteiger partial charge in [-0.2, -0.15) is 12.7 Å². The van der Waals surface area contributed by atoms with E-state index < -0.39 is 63.0 Å². The second kappa shape index (κ2) is 21.2. The standard InChI is InChI=1S/C46H69N7O10S/c1-7-32-22-23-46(32,43(57)50-64(59,60)51(5)6)49-41(55)36-20-14-24-53(36)42(56)39(45(2,3)4)48-44(58)63-37-21-13-16-31(37)15-9-8-10-18-34-38(62-30-27-52-25-28-61-29-26-52)33-17-11-12-19-35(33)47-40(34)54/h7,11-12,17,19,31-32,36-37,39H,1,8-10,13-16,18,20-30H2,2-6H3,(H,47,54)(H,48,58)(H,49,55)(H,50,57). The number of likely N-dealkylation sites (tertiary alicyclic amines) is 1. The lowest BCUT2D eigenvalue weighted by Crippen LogP contribution is -2.70. The minimum absolute atomic E-state index is 0.130. The van der Waals surface area contributed by atoms with Gasteiger partial charge in [-0.15, -0.1) is 6.58 Å². The van der Waals surface area contributed by atoms with Crippen molar-refractivity contribution in [1.82, 2.24) is 34.4 Å². The molecule has 1 aromatic carbocycles. The summed E-state index contributed by atoms with van der Waals surface area (Å²) >= 11 is 0. The number of carbonyl (C=O) groups is 4. The summed E-state index contributed by atoms with van der Waals surface area (Å²) in [5.74, 6) is -1.58. The number of H-pyrrole nitrogens is 1. The first-order valence-electron chi connectivity index (χ1n) is 23.0. The molecular weight excluding hydrogens is 843 g/mol. The van der Waals surface area contributed by atoms with E-state index >= 15 is 0 Å². The number of amides is 4. The Balaban J connectivity index is 1.02. The maximum atomic E-state index is 14.3. The summed E-state index contributed by atoms with van der Waals surface area (Å²) in [6, 6.07) is 5.77. The molecule has 4 N–H and O–H groups in total. The quantitative estimate of drug-likeness (QED) is 0.117. The lowest BCUT2D eigenvalue weighted by Gasteiger charge is -2.47. The average Bonchev–Trinajstić information content (AvgIpc) is 3.92. The largest absolute Gasteiger partial charge is 0.491 e. The third-order valence-corrected chi connectivity index (χ3v) is 14.9. The fourth-order valence-electron chi connectivity index (χ4n) is 9.54. The van der Waals surface area contributed by atoms with Crippen LogP contribution in [0.1, 0.15) is 97.0 Å². The van der Waals surface area contributed by atoms with Gasteiger partial charge in [0.15, 0.2) is 0 Å². The monoisotopic (exact) mass is 911 g/mol. The van der Waals surface area contributed by atoms with E-state index in [-0.39, 0.29) is 30.5 Å². The van der Waals surface area contributed by atoms with Crippen LogP contribution in [0.25, 0.3) is 10.9 Å². The minimum atomic E-state index is -4.14. The molecule has 3 heterocycles. The van der Waals surface area contributed by atoms with E-state index in [0.717, 1.165) is 79.8 Å². The summed E-state index contributed by atoms with van der Waals surface area (Å²) in [5, 5.41) is 6.56. The van der Waals surface area contributed by atoms with E-state index in [1.165, 1.54) is 25.1 Å². The van der Waals surface area contributed by atoms with Crippen LogP contribution in [0.5, 0.6) is 5.75 Å². The molecular formula is C46H69N7O10S. The number of unbranched alkanes of at least 4 members (excludes halogenated alkanes) is 2. The van der Waals surface area contributed by atoms with Crippen molar-refractivity contribution in [2.75, 3.05) is 60.1 Å². The molecule has 2 saturated heterocycles. The van der Waals surface area contributed by atoms with Gasteiger partial charge >= 0.3 is 16.3 Å². The summed E-state index contributed by atoms with van der Waals surface area (Å²) in [5.41, 5.74) is -1.01. The second-order valence-electron chi connectivity index (χ2n) is 19.0. The van der Waals surface area contributed by atoms with Gasteiger partial charge in [-0.1, -0.05) is 51.8 Å². The van der Waals surface area contributed by atoms with Gasteiger partial charge < -0.3 is 34.7 Å². The second-order valence-corrected chi connectivity index (χ2v) is 20.9. The highest BCUT2D eigenvalue weighted by molar-refractivity contribution is 7.87. The van der Waals surface area contributed by atoms with Gasteiger partial charge in [-0.05, 0) is 87.7 Å². The Morgan fingerprint density at radius 3 is 2.47 bits per heavy atom. The van der Waals surface area contributed by atoms with Crippen molar-refractivity contribution in [2.24, 2.45) is 17.3 Å². The molecule has 4 amide bonds. The van der Waals surface area contributed by atoms with Crippen LogP contribution >= 0.6 is 0 Å². The Labute approximate surface area is 377 Å². The molecule has 18 heteroatoms. The molecule has 2 saturated carbocycles. The Morgan fingerprint density at radius 2 is 1.78 bits per heavy atom. The molecule has 6 rings (SSSR count). The zero-order valence-corrected chi connectivity index (χ0v) is 39.1. The first kappa shape index (κ1) is 48.9. The molecule has 64 heavy (non-hydrogen) atoms. The number of nitrogens with one attached hydrogen (secondary N) is 4. The molecule has 4 aliphatic rings. The van der Waals surface area contributed by atoms with Gasteiger partial charge in [0.05, 0.1) is 24.3 Å². The highest BCUT2D eigenvalue weighted by Crippen LogP contribution is 2.41. The third-order valence-electron chi connectivity index (χ3n) is 13.5. The Morgan fingerprint density at radius 1 is 1.03 bits per heavy atom. The molecule has 1 aromatic heterocycles. The molecule has 0 radical (unpaired) electrons. The van der Waals surface area contributed by atoms with Gasteiger partial charge in [-0.25, -0.2) is 9.52 Å². The molecule has 2 aromatic rings. The maximum absolute atomic E-state index is 14.3. The van der Waals surface area contributed by atoms with Gasteiger partial charge in [0.1, 0.15) is 36.1 Å². The first-order chi connectivity index (χ1) is 30.4. The number of alkyl carbamates (subject to hydrolysis) is 1. The number of nitrogens with zero attached hydrogens (tertiary/aromatic N) is 3. The fraction of sp³-hybridized carbons (Fsp3) is 0.674. The number of para-hydroxylation sites is 1. The van der Waals surface area contributed by atoms with Crippen LogP contribution in [-0.4, -0.2) is 135 Å². The number of aromatic nitrogens is 1. The zero-order valence-electron chi connectivity index (χ0n) is 38.2. The van der Waals surface area contributed by atoms with Gasteiger partial charge in [-0.3, -0.25) is 24.1 Å². The van der Waals surface area contributed by atoms with Crippen LogP contribution in [0.2, 0.25) is 0 Å². The lowest BCUT2D eigenvalue weighted by atomic mass is 9.66. The number of pyridine rings is 1. The van der Waals surface area contributed by atoms with E-state index in [2.05, 4.69) is 31.8 Å². The van der Waals surface area contributed by atoms with Crippen molar-refractivity contribution in [3.05, 3.63) is 52.8 Å². The van der Waals surface area contributed by atoms with Crippen LogP contribution < -0.4 is 25.7 Å².